The van der Waals surface area contributed by atoms with Gasteiger partial charge >= 0.3 is 0 Å². The normalized spacial score (nSPS) is 12.8. The summed E-state index contributed by atoms with van der Waals surface area (Å²) >= 11 is 0. The minimum absolute atomic E-state index is 0.118. The molecule has 0 saturated heterocycles. The molecular formula is C13H20FN. The van der Waals surface area contributed by atoms with Gasteiger partial charge in [-0.15, -0.1) is 0 Å². The molecular weight excluding hydrogens is 189 g/mol. The largest absolute Gasteiger partial charge is 0.330 e. The van der Waals surface area contributed by atoms with E-state index in [0.717, 1.165) is 31.4 Å². The van der Waals surface area contributed by atoms with Crippen LogP contribution in [0.5, 0.6) is 0 Å². The molecule has 0 bridgehead atoms. The minimum Gasteiger partial charge on any atom is -0.330 e. The third-order valence-electron chi connectivity index (χ3n) is 2.90. The van der Waals surface area contributed by atoms with Crippen molar-refractivity contribution in [2.75, 3.05) is 6.54 Å². The van der Waals surface area contributed by atoms with E-state index in [1.54, 1.807) is 6.07 Å². The maximum atomic E-state index is 13.1. The molecule has 0 fully saturated rings. The Bertz CT molecular complexity index is 309. The predicted molar refractivity (Wildman–Crippen MR) is 62.5 cm³/mol. The fourth-order valence-electron chi connectivity index (χ4n) is 1.89. The molecule has 1 unspecified atom stereocenters. The summed E-state index contributed by atoms with van der Waals surface area (Å²) in [5, 5.41) is 0. The fourth-order valence-corrected chi connectivity index (χ4v) is 1.89. The molecule has 15 heavy (non-hydrogen) atoms. The molecule has 0 heterocycles. The van der Waals surface area contributed by atoms with Crippen LogP contribution in [0.2, 0.25) is 0 Å². The number of halogens is 1. The highest BCUT2D eigenvalue weighted by molar-refractivity contribution is 5.26. The fraction of sp³-hybridized carbons (Fsp3) is 0.538. The molecule has 0 radical (unpaired) electrons. The van der Waals surface area contributed by atoms with Crippen LogP contribution in [0.4, 0.5) is 4.39 Å². The smallest absolute Gasteiger partial charge is 0.126 e. The topological polar surface area (TPSA) is 26.0 Å². The summed E-state index contributed by atoms with van der Waals surface area (Å²) in [6, 6.07) is 5.42. The van der Waals surface area contributed by atoms with E-state index in [-0.39, 0.29) is 5.82 Å². The van der Waals surface area contributed by atoms with E-state index in [2.05, 4.69) is 6.92 Å². The number of aryl methyl sites for hydroxylation is 1. The van der Waals surface area contributed by atoms with Crippen molar-refractivity contribution in [3.63, 3.8) is 0 Å². The summed E-state index contributed by atoms with van der Waals surface area (Å²) in [7, 11) is 0. The van der Waals surface area contributed by atoms with Crippen molar-refractivity contribution in [3.8, 4) is 0 Å². The summed E-state index contributed by atoms with van der Waals surface area (Å²) in [6.07, 6.45) is 3.22. The van der Waals surface area contributed by atoms with Gasteiger partial charge in [-0.3, -0.25) is 0 Å². The Labute approximate surface area is 91.5 Å². The first-order valence-corrected chi connectivity index (χ1v) is 5.65. The van der Waals surface area contributed by atoms with Crippen LogP contribution in [-0.4, -0.2) is 6.54 Å². The minimum atomic E-state index is -0.118. The van der Waals surface area contributed by atoms with Crippen LogP contribution in [0.3, 0.4) is 0 Å². The summed E-state index contributed by atoms with van der Waals surface area (Å²) in [5.74, 6) is 0.403. The monoisotopic (exact) mass is 209 g/mol. The van der Waals surface area contributed by atoms with Crippen LogP contribution in [0.1, 0.15) is 43.2 Å². The zero-order valence-corrected chi connectivity index (χ0v) is 9.59. The van der Waals surface area contributed by atoms with Gasteiger partial charge in [0.05, 0.1) is 0 Å². The molecule has 1 aromatic rings. The molecule has 0 aromatic heterocycles. The van der Waals surface area contributed by atoms with Gasteiger partial charge in [0.25, 0.3) is 0 Å². The molecule has 1 aromatic carbocycles. The maximum Gasteiger partial charge on any atom is 0.126 e. The lowest BCUT2D eigenvalue weighted by Gasteiger charge is -2.15. The number of hydrogen-bond donors (Lipinski definition) is 1. The van der Waals surface area contributed by atoms with Crippen LogP contribution in [0.15, 0.2) is 18.2 Å². The van der Waals surface area contributed by atoms with E-state index in [1.807, 2.05) is 19.1 Å². The number of hydrogen-bond acceptors (Lipinski definition) is 1. The van der Waals surface area contributed by atoms with Crippen molar-refractivity contribution in [3.05, 3.63) is 35.1 Å². The lowest BCUT2D eigenvalue weighted by Crippen LogP contribution is -2.04. The summed E-state index contributed by atoms with van der Waals surface area (Å²) < 4.78 is 13.1. The molecule has 1 nitrogen and oxygen atoms in total. The first kappa shape index (κ1) is 12.2. The SMILES string of the molecule is CCC(CCCN)c1ccc(F)c(C)c1. The van der Waals surface area contributed by atoms with Crippen molar-refractivity contribution in [2.45, 2.75) is 39.0 Å². The van der Waals surface area contributed by atoms with Crippen LogP contribution < -0.4 is 5.73 Å². The van der Waals surface area contributed by atoms with Crippen LogP contribution >= 0.6 is 0 Å². The zero-order chi connectivity index (χ0) is 11.3. The van der Waals surface area contributed by atoms with E-state index in [4.69, 9.17) is 5.73 Å². The van der Waals surface area contributed by atoms with E-state index in [1.165, 1.54) is 5.56 Å². The average Bonchev–Trinajstić information content (AvgIpc) is 2.24. The maximum absolute atomic E-state index is 13.1. The van der Waals surface area contributed by atoms with Crippen molar-refractivity contribution in [1.82, 2.24) is 0 Å². The molecule has 0 spiro atoms. The van der Waals surface area contributed by atoms with E-state index < -0.39 is 0 Å². The second-order valence-electron chi connectivity index (χ2n) is 4.04. The predicted octanol–water partition coefficient (Wildman–Crippen LogP) is 3.37. The molecule has 0 aliphatic carbocycles. The zero-order valence-electron chi connectivity index (χ0n) is 9.59. The summed E-state index contributed by atoms with van der Waals surface area (Å²) in [4.78, 5) is 0. The first-order valence-electron chi connectivity index (χ1n) is 5.65. The second-order valence-corrected chi connectivity index (χ2v) is 4.04. The van der Waals surface area contributed by atoms with Gasteiger partial charge in [0.15, 0.2) is 0 Å². The summed E-state index contributed by atoms with van der Waals surface area (Å²) in [6.45, 7) is 4.71. The Balaban J connectivity index is 2.78. The Morgan fingerprint density at radius 3 is 2.67 bits per heavy atom. The third kappa shape index (κ3) is 3.31. The highest BCUT2D eigenvalue weighted by atomic mass is 19.1. The van der Waals surface area contributed by atoms with E-state index in [0.29, 0.717) is 5.92 Å². The Morgan fingerprint density at radius 2 is 2.13 bits per heavy atom. The van der Waals surface area contributed by atoms with Crippen molar-refractivity contribution >= 4 is 0 Å². The Hall–Kier alpha value is -0.890. The van der Waals surface area contributed by atoms with Crippen LogP contribution in [-0.2, 0) is 0 Å². The van der Waals surface area contributed by atoms with Gasteiger partial charge < -0.3 is 5.73 Å². The molecule has 84 valence electrons. The van der Waals surface area contributed by atoms with Crippen LogP contribution in [0, 0.1) is 12.7 Å². The molecule has 2 N–H and O–H groups in total. The molecule has 0 amide bonds. The van der Waals surface area contributed by atoms with Crippen molar-refractivity contribution < 1.29 is 4.39 Å². The Morgan fingerprint density at radius 1 is 1.40 bits per heavy atom. The third-order valence-corrected chi connectivity index (χ3v) is 2.90. The second kappa shape index (κ2) is 5.86. The van der Waals surface area contributed by atoms with Gasteiger partial charge in [0.1, 0.15) is 5.82 Å². The molecule has 0 saturated carbocycles. The van der Waals surface area contributed by atoms with Crippen molar-refractivity contribution in [2.24, 2.45) is 5.73 Å². The number of benzene rings is 1. The molecule has 0 aliphatic rings. The van der Waals surface area contributed by atoms with Gasteiger partial charge in [0.2, 0.25) is 0 Å². The van der Waals surface area contributed by atoms with Crippen molar-refractivity contribution in [1.29, 1.82) is 0 Å². The lowest BCUT2D eigenvalue weighted by atomic mass is 9.91. The van der Waals surface area contributed by atoms with Gasteiger partial charge in [-0.1, -0.05) is 19.1 Å². The van der Waals surface area contributed by atoms with Crippen LogP contribution in [0.25, 0.3) is 0 Å². The molecule has 1 atom stereocenters. The van der Waals surface area contributed by atoms with Gasteiger partial charge in [-0.2, -0.15) is 0 Å². The number of rotatable bonds is 5. The van der Waals surface area contributed by atoms with Gasteiger partial charge in [-0.25, -0.2) is 4.39 Å². The molecule has 1 rings (SSSR count). The summed E-state index contributed by atoms with van der Waals surface area (Å²) in [5.41, 5.74) is 7.48. The first-order chi connectivity index (χ1) is 7.19. The number of nitrogens with two attached hydrogens (primary N) is 1. The molecule has 0 aliphatic heterocycles. The standard InChI is InChI=1S/C13H20FN/c1-3-11(5-4-8-15)12-6-7-13(14)10(2)9-12/h6-7,9,11H,3-5,8,15H2,1-2H3. The highest BCUT2D eigenvalue weighted by Crippen LogP contribution is 2.25. The van der Waals surface area contributed by atoms with E-state index >= 15 is 0 Å². The van der Waals surface area contributed by atoms with Gasteiger partial charge in [0, 0.05) is 0 Å². The lowest BCUT2D eigenvalue weighted by molar-refractivity contribution is 0.575. The highest BCUT2D eigenvalue weighted by Gasteiger charge is 2.09. The molecule has 2 heteroatoms. The quantitative estimate of drug-likeness (QED) is 0.790. The van der Waals surface area contributed by atoms with E-state index in [9.17, 15) is 4.39 Å². The van der Waals surface area contributed by atoms with Gasteiger partial charge in [-0.05, 0) is 55.8 Å². The average molecular weight is 209 g/mol. The Kier molecular flexibility index (Phi) is 4.76.